The van der Waals surface area contributed by atoms with Crippen LogP contribution in [0, 0.1) is 6.92 Å². The maximum absolute atomic E-state index is 12.1. The second-order valence-corrected chi connectivity index (χ2v) is 7.72. The van der Waals surface area contributed by atoms with Crippen molar-refractivity contribution >= 4 is 22.8 Å². The summed E-state index contributed by atoms with van der Waals surface area (Å²) < 4.78 is 12.5. The normalized spacial score (nSPS) is 15.0. The minimum absolute atomic E-state index is 0.213. The maximum Gasteiger partial charge on any atom is 0.338 e. The third kappa shape index (κ3) is 3.43. The number of methoxy groups -OCH3 is 1. The molecule has 2 aromatic heterocycles. The predicted molar refractivity (Wildman–Crippen MR) is 109 cm³/mol. The number of aromatic nitrogens is 1. The number of hydrogen-bond acceptors (Lipinski definition) is 4. The molecule has 1 aliphatic carbocycles. The molecule has 1 fully saturated rings. The summed E-state index contributed by atoms with van der Waals surface area (Å²) in [7, 11) is 1.34. The predicted octanol–water partition coefficient (Wildman–Crippen LogP) is 5.13. The Bertz CT molecular complexity index is 1070. The van der Waals surface area contributed by atoms with E-state index in [1.807, 2.05) is 25.1 Å². The molecule has 2 heterocycles. The zero-order chi connectivity index (χ0) is 20.5. The Morgan fingerprint density at radius 3 is 2.66 bits per heavy atom. The molecule has 1 saturated carbocycles. The number of carbonyl (C=O) groups is 2. The summed E-state index contributed by atoms with van der Waals surface area (Å²) in [6.07, 6.45) is 7.60. The average Bonchev–Trinajstić information content (AvgIpc) is 3.33. The van der Waals surface area contributed by atoms with Gasteiger partial charge in [-0.3, -0.25) is 4.79 Å². The van der Waals surface area contributed by atoms with E-state index in [1.165, 1.54) is 26.4 Å². The summed E-state index contributed by atoms with van der Waals surface area (Å²) in [5, 5.41) is 10.4. The number of benzene rings is 1. The summed E-state index contributed by atoms with van der Waals surface area (Å²) in [6.45, 7) is 1.61. The van der Waals surface area contributed by atoms with Gasteiger partial charge in [0.25, 0.3) is 0 Å². The van der Waals surface area contributed by atoms with Gasteiger partial charge in [-0.15, -0.1) is 0 Å². The minimum Gasteiger partial charge on any atom is -0.480 e. The van der Waals surface area contributed by atoms with E-state index in [2.05, 4.69) is 0 Å². The van der Waals surface area contributed by atoms with E-state index in [0.717, 1.165) is 40.8 Å². The van der Waals surface area contributed by atoms with Crippen molar-refractivity contribution in [3.8, 4) is 11.5 Å². The number of esters is 1. The van der Waals surface area contributed by atoms with Gasteiger partial charge in [-0.2, -0.15) is 0 Å². The lowest BCUT2D eigenvalue weighted by atomic mass is 9.84. The monoisotopic (exact) mass is 395 g/mol. The third-order valence-electron chi connectivity index (χ3n) is 5.99. The quantitative estimate of drug-likeness (QED) is 0.606. The molecule has 0 saturated heterocycles. The SMILES string of the molecule is COC(=O)c1ccc2cc(-c3occc3C3CCCCC3)n(CC(=O)O)c2c1C. The second-order valence-electron chi connectivity index (χ2n) is 7.72. The Morgan fingerprint density at radius 1 is 1.21 bits per heavy atom. The molecular weight excluding hydrogens is 370 g/mol. The van der Waals surface area contributed by atoms with Crippen LogP contribution in [-0.4, -0.2) is 28.7 Å². The topological polar surface area (TPSA) is 81.7 Å². The molecule has 4 rings (SSSR count). The van der Waals surface area contributed by atoms with Crippen molar-refractivity contribution in [2.75, 3.05) is 7.11 Å². The van der Waals surface area contributed by atoms with Crippen LogP contribution in [0.2, 0.25) is 0 Å². The first-order chi connectivity index (χ1) is 14.0. The summed E-state index contributed by atoms with van der Waals surface area (Å²) >= 11 is 0. The molecule has 0 aliphatic heterocycles. The number of nitrogens with zero attached hydrogens (tertiary/aromatic N) is 1. The Labute approximate surface area is 169 Å². The van der Waals surface area contributed by atoms with Gasteiger partial charge in [0, 0.05) is 10.9 Å². The van der Waals surface area contributed by atoms with Crippen molar-refractivity contribution in [3.63, 3.8) is 0 Å². The lowest BCUT2D eigenvalue weighted by Crippen LogP contribution is -2.12. The van der Waals surface area contributed by atoms with Crippen LogP contribution in [0.5, 0.6) is 0 Å². The van der Waals surface area contributed by atoms with E-state index >= 15 is 0 Å². The second kappa shape index (κ2) is 7.78. The van der Waals surface area contributed by atoms with Crippen molar-refractivity contribution in [1.29, 1.82) is 0 Å². The van der Waals surface area contributed by atoms with Crippen LogP contribution >= 0.6 is 0 Å². The van der Waals surface area contributed by atoms with Crippen molar-refractivity contribution in [2.24, 2.45) is 0 Å². The maximum atomic E-state index is 12.1. The van der Waals surface area contributed by atoms with Gasteiger partial charge in [0.1, 0.15) is 6.54 Å². The van der Waals surface area contributed by atoms with Crippen LogP contribution in [-0.2, 0) is 16.1 Å². The van der Waals surface area contributed by atoms with Gasteiger partial charge in [-0.1, -0.05) is 25.3 Å². The van der Waals surface area contributed by atoms with E-state index in [0.29, 0.717) is 17.0 Å². The van der Waals surface area contributed by atoms with E-state index in [4.69, 9.17) is 9.15 Å². The molecule has 1 aliphatic rings. The average molecular weight is 395 g/mol. The van der Waals surface area contributed by atoms with Crippen molar-refractivity contribution < 1.29 is 23.8 Å². The molecule has 3 aromatic rings. The fraction of sp³-hybridized carbons (Fsp3) is 0.391. The number of aryl methyl sites for hydroxylation is 1. The van der Waals surface area contributed by atoms with Gasteiger partial charge in [0.15, 0.2) is 5.76 Å². The summed E-state index contributed by atoms with van der Waals surface area (Å²) in [6, 6.07) is 7.53. The van der Waals surface area contributed by atoms with Gasteiger partial charge >= 0.3 is 11.9 Å². The molecule has 0 unspecified atom stereocenters. The molecule has 6 nitrogen and oxygen atoms in total. The van der Waals surface area contributed by atoms with Gasteiger partial charge in [-0.05, 0) is 49.4 Å². The zero-order valence-electron chi connectivity index (χ0n) is 16.7. The van der Waals surface area contributed by atoms with E-state index in [9.17, 15) is 14.7 Å². The third-order valence-corrected chi connectivity index (χ3v) is 5.99. The number of ether oxygens (including phenoxy) is 1. The number of fused-ring (bicyclic) bond motifs is 1. The largest absolute Gasteiger partial charge is 0.480 e. The van der Waals surface area contributed by atoms with Crippen molar-refractivity contribution in [3.05, 3.63) is 47.2 Å². The number of hydrogen-bond donors (Lipinski definition) is 1. The zero-order valence-corrected chi connectivity index (χ0v) is 16.7. The van der Waals surface area contributed by atoms with Crippen LogP contribution in [0.25, 0.3) is 22.4 Å². The van der Waals surface area contributed by atoms with Crippen LogP contribution in [0.15, 0.2) is 34.9 Å². The number of furan rings is 1. The first-order valence-corrected chi connectivity index (χ1v) is 10.0. The summed E-state index contributed by atoms with van der Waals surface area (Å²) in [4.78, 5) is 23.8. The van der Waals surface area contributed by atoms with Crippen molar-refractivity contribution in [2.45, 2.75) is 51.5 Å². The van der Waals surface area contributed by atoms with E-state index < -0.39 is 11.9 Å². The smallest absolute Gasteiger partial charge is 0.338 e. The molecule has 0 radical (unpaired) electrons. The standard InChI is InChI=1S/C23H25NO5/c1-14-17(23(27)28-2)9-8-16-12-19(24(21(14)16)13-20(25)26)22-18(10-11-29-22)15-6-4-3-5-7-15/h8-12,15H,3-7,13H2,1-2H3,(H,25,26). The number of aliphatic carboxylic acids is 1. The molecule has 29 heavy (non-hydrogen) atoms. The molecule has 152 valence electrons. The molecule has 6 heteroatoms. The molecule has 0 amide bonds. The number of carboxylic acid groups (broad SMARTS) is 1. The fourth-order valence-corrected chi connectivity index (χ4v) is 4.62. The van der Waals surface area contributed by atoms with Gasteiger partial charge in [-0.25, -0.2) is 4.79 Å². The number of carbonyl (C=O) groups excluding carboxylic acids is 1. The minimum atomic E-state index is -0.947. The number of carboxylic acids is 1. The highest BCUT2D eigenvalue weighted by Gasteiger charge is 2.26. The molecule has 1 N–H and O–H groups in total. The molecule has 1 aromatic carbocycles. The van der Waals surface area contributed by atoms with E-state index in [1.54, 1.807) is 16.9 Å². The number of rotatable bonds is 5. The molecule has 0 atom stereocenters. The Balaban J connectivity index is 1.91. The highest BCUT2D eigenvalue weighted by molar-refractivity contribution is 5.99. The Morgan fingerprint density at radius 2 is 1.97 bits per heavy atom. The molecule has 0 spiro atoms. The Hall–Kier alpha value is -3.02. The lowest BCUT2D eigenvalue weighted by molar-refractivity contribution is -0.137. The van der Waals surface area contributed by atoms with Crippen LogP contribution in [0.4, 0.5) is 0 Å². The summed E-state index contributed by atoms with van der Waals surface area (Å²) in [5.74, 6) is -0.221. The van der Waals surface area contributed by atoms with Crippen LogP contribution in [0.1, 0.15) is 59.5 Å². The first kappa shape index (κ1) is 19.3. The van der Waals surface area contributed by atoms with Gasteiger partial charge in [0.2, 0.25) is 0 Å². The Kier molecular flexibility index (Phi) is 5.18. The fourth-order valence-electron chi connectivity index (χ4n) is 4.62. The highest BCUT2D eigenvalue weighted by Crippen LogP contribution is 2.41. The van der Waals surface area contributed by atoms with Gasteiger partial charge in [0.05, 0.1) is 30.1 Å². The highest BCUT2D eigenvalue weighted by atomic mass is 16.5. The van der Waals surface area contributed by atoms with Crippen molar-refractivity contribution in [1.82, 2.24) is 4.57 Å². The van der Waals surface area contributed by atoms with E-state index in [-0.39, 0.29) is 6.54 Å². The first-order valence-electron chi connectivity index (χ1n) is 10.0. The van der Waals surface area contributed by atoms with Gasteiger partial charge < -0.3 is 18.8 Å². The van der Waals surface area contributed by atoms with Crippen LogP contribution < -0.4 is 0 Å². The molecular formula is C23H25NO5. The summed E-state index contributed by atoms with van der Waals surface area (Å²) in [5.41, 5.74) is 3.73. The molecule has 0 bridgehead atoms. The lowest BCUT2D eigenvalue weighted by Gasteiger charge is -2.21. The van der Waals surface area contributed by atoms with Crippen LogP contribution in [0.3, 0.4) is 0 Å².